The molecule has 0 saturated carbocycles. The van der Waals surface area contributed by atoms with Crippen LogP contribution in [-0.2, 0) is 0 Å². The lowest BCUT2D eigenvalue weighted by Crippen LogP contribution is -1.89. The molecule has 0 saturated heterocycles. The molecule has 0 aromatic heterocycles. The highest BCUT2D eigenvalue weighted by Gasteiger charge is 1.96. The first-order chi connectivity index (χ1) is 8.97. The maximum atomic E-state index is 4.04. The first-order valence-corrected chi connectivity index (χ1v) is 5.61. The third-order valence-corrected chi connectivity index (χ3v) is 2.20. The van der Waals surface area contributed by atoms with Crippen LogP contribution in [0.4, 0.5) is 5.69 Å². The van der Waals surface area contributed by atoms with Gasteiger partial charge in [-0.05, 0) is 18.2 Å². The fourth-order valence-electron chi connectivity index (χ4n) is 1.38. The average Bonchev–Trinajstić information content (AvgIpc) is 2.84. The molecule has 1 aromatic rings. The Bertz CT molecular complexity index is 510. The van der Waals surface area contributed by atoms with Gasteiger partial charge in [-0.15, -0.1) is 0 Å². The number of allylic oxidation sites excluding steroid dienone is 3. The smallest absolute Gasteiger partial charge is 0.0472 e. The predicted molar refractivity (Wildman–Crippen MR) is 76.7 cm³/mol. The van der Waals surface area contributed by atoms with Crippen molar-refractivity contribution in [3.05, 3.63) is 66.7 Å². The van der Waals surface area contributed by atoms with Crippen LogP contribution in [-0.4, -0.2) is 12.4 Å². The molecule has 0 fully saturated rings. The van der Waals surface area contributed by atoms with Crippen LogP contribution in [0.1, 0.15) is 5.56 Å². The normalized spacial score (nSPS) is 14.4. The number of hydrogen-bond donors (Lipinski definition) is 2. The van der Waals surface area contributed by atoms with Crippen molar-refractivity contribution >= 4 is 18.1 Å². The summed E-state index contributed by atoms with van der Waals surface area (Å²) in [5, 5.41) is 6.84. The molecular formula is C14H14N4. The number of rotatable bonds is 0. The summed E-state index contributed by atoms with van der Waals surface area (Å²) in [6, 6.07) is 8.05. The number of para-hydroxylation sites is 1. The van der Waals surface area contributed by atoms with Gasteiger partial charge in [0.2, 0.25) is 0 Å². The lowest BCUT2D eigenvalue weighted by Gasteiger charge is -2.01. The molecule has 18 heavy (non-hydrogen) atoms. The van der Waals surface area contributed by atoms with Gasteiger partial charge in [-0.3, -0.25) is 10.4 Å². The Morgan fingerprint density at radius 2 is 1.89 bits per heavy atom. The molecule has 0 aliphatic carbocycles. The SMILES string of the molecule is C1=CC=NNC=C1.C1=CNc2ccccc2C=N1. The number of hydrazone groups is 1. The summed E-state index contributed by atoms with van der Waals surface area (Å²) >= 11 is 0. The Balaban J connectivity index is 0.000000149. The van der Waals surface area contributed by atoms with E-state index in [9.17, 15) is 0 Å². The van der Waals surface area contributed by atoms with Crippen molar-refractivity contribution in [1.82, 2.24) is 5.43 Å². The van der Waals surface area contributed by atoms with E-state index in [0.29, 0.717) is 0 Å². The zero-order chi connectivity index (χ0) is 12.5. The molecule has 1 aromatic carbocycles. The molecule has 2 heterocycles. The number of aliphatic imine (C=N–C) groups is 1. The van der Waals surface area contributed by atoms with Gasteiger partial charge in [-0.2, -0.15) is 5.10 Å². The van der Waals surface area contributed by atoms with Crippen molar-refractivity contribution in [3.8, 4) is 0 Å². The van der Waals surface area contributed by atoms with E-state index in [1.807, 2.05) is 54.9 Å². The Kier molecular flexibility index (Phi) is 4.51. The summed E-state index contributed by atoms with van der Waals surface area (Å²) in [4.78, 5) is 4.04. The average molecular weight is 238 g/mol. The van der Waals surface area contributed by atoms with E-state index >= 15 is 0 Å². The first kappa shape index (κ1) is 11.9. The maximum Gasteiger partial charge on any atom is 0.0472 e. The minimum atomic E-state index is 1.10. The molecule has 0 unspecified atom stereocenters. The molecule has 2 aliphatic heterocycles. The van der Waals surface area contributed by atoms with Crippen LogP contribution < -0.4 is 10.7 Å². The minimum Gasteiger partial charge on any atom is -0.360 e. The van der Waals surface area contributed by atoms with Gasteiger partial charge in [0.05, 0.1) is 0 Å². The Morgan fingerprint density at radius 3 is 2.89 bits per heavy atom. The first-order valence-electron chi connectivity index (χ1n) is 5.61. The van der Waals surface area contributed by atoms with Crippen molar-refractivity contribution in [1.29, 1.82) is 0 Å². The van der Waals surface area contributed by atoms with Gasteiger partial charge in [0.15, 0.2) is 0 Å². The van der Waals surface area contributed by atoms with Gasteiger partial charge >= 0.3 is 0 Å². The van der Waals surface area contributed by atoms with Gasteiger partial charge in [0.1, 0.15) is 0 Å². The summed E-state index contributed by atoms with van der Waals surface area (Å²) in [6.45, 7) is 0. The molecule has 4 nitrogen and oxygen atoms in total. The second-order valence-corrected chi connectivity index (χ2v) is 3.48. The molecule has 4 heteroatoms. The number of fused-ring (bicyclic) bond motifs is 1. The number of benzene rings is 1. The summed E-state index contributed by atoms with van der Waals surface area (Å²) in [6.07, 6.45) is 14.5. The molecule has 2 N–H and O–H groups in total. The second kappa shape index (κ2) is 6.85. The van der Waals surface area contributed by atoms with Gasteiger partial charge in [0.25, 0.3) is 0 Å². The Morgan fingerprint density at radius 1 is 0.944 bits per heavy atom. The maximum absolute atomic E-state index is 4.04. The van der Waals surface area contributed by atoms with E-state index in [2.05, 4.69) is 20.8 Å². The fourth-order valence-corrected chi connectivity index (χ4v) is 1.38. The summed E-state index contributed by atoms with van der Waals surface area (Å²) in [5.74, 6) is 0. The highest BCUT2D eigenvalue weighted by Crippen LogP contribution is 2.13. The highest BCUT2D eigenvalue weighted by atomic mass is 15.3. The van der Waals surface area contributed by atoms with Crippen LogP contribution in [0.3, 0.4) is 0 Å². The van der Waals surface area contributed by atoms with Gasteiger partial charge in [0, 0.05) is 42.3 Å². The summed E-state index contributed by atoms with van der Waals surface area (Å²) in [5.41, 5.74) is 4.90. The summed E-state index contributed by atoms with van der Waals surface area (Å²) in [7, 11) is 0. The molecule has 90 valence electrons. The lowest BCUT2D eigenvalue weighted by atomic mass is 10.2. The van der Waals surface area contributed by atoms with Crippen LogP contribution in [0.25, 0.3) is 0 Å². The monoisotopic (exact) mass is 238 g/mol. The number of hydrogen-bond acceptors (Lipinski definition) is 4. The van der Waals surface area contributed by atoms with Crippen LogP contribution in [0.5, 0.6) is 0 Å². The van der Waals surface area contributed by atoms with Crippen molar-refractivity contribution < 1.29 is 0 Å². The highest BCUT2D eigenvalue weighted by molar-refractivity contribution is 5.88. The molecule has 0 bridgehead atoms. The van der Waals surface area contributed by atoms with Gasteiger partial charge < -0.3 is 5.32 Å². The van der Waals surface area contributed by atoms with Crippen LogP contribution in [0, 0.1) is 0 Å². The van der Waals surface area contributed by atoms with E-state index in [1.54, 1.807) is 18.6 Å². The number of nitrogens with one attached hydrogen (secondary N) is 2. The topological polar surface area (TPSA) is 48.8 Å². The zero-order valence-corrected chi connectivity index (χ0v) is 9.82. The molecule has 0 spiro atoms. The lowest BCUT2D eigenvalue weighted by molar-refractivity contribution is 0.980. The second-order valence-electron chi connectivity index (χ2n) is 3.48. The quantitative estimate of drug-likeness (QED) is 0.730. The van der Waals surface area contributed by atoms with E-state index in [-0.39, 0.29) is 0 Å². The third kappa shape index (κ3) is 3.75. The molecule has 3 rings (SSSR count). The van der Waals surface area contributed by atoms with Gasteiger partial charge in [-0.1, -0.05) is 24.3 Å². The third-order valence-electron chi connectivity index (χ3n) is 2.20. The Hall–Kier alpha value is -2.62. The van der Waals surface area contributed by atoms with Crippen molar-refractivity contribution in [2.75, 3.05) is 5.32 Å². The van der Waals surface area contributed by atoms with Crippen LogP contribution >= 0.6 is 0 Å². The van der Waals surface area contributed by atoms with Gasteiger partial charge in [-0.25, -0.2) is 0 Å². The van der Waals surface area contributed by atoms with Crippen molar-refractivity contribution in [2.24, 2.45) is 10.1 Å². The van der Waals surface area contributed by atoms with Crippen LogP contribution in [0.15, 0.2) is 71.2 Å². The zero-order valence-electron chi connectivity index (χ0n) is 9.82. The van der Waals surface area contributed by atoms with E-state index in [1.165, 1.54) is 0 Å². The van der Waals surface area contributed by atoms with E-state index in [0.717, 1.165) is 11.3 Å². The Labute approximate surface area is 106 Å². The molecule has 0 amide bonds. The molecule has 0 radical (unpaired) electrons. The van der Waals surface area contributed by atoms with E-state index in [4.69, 9.17) is 0 Å². The summed E-state index contributed by atoms with van der Waals surface area (Å²) < 4.78 is 0. The predicted octanol–water partition coefficient (Wildman–Crippen LogP) is 2.65. The van der Waals surface area contributed by atoms with Crippen molar-refractivity contribution in [2.45, 2.75) is 0 Å². The number of anilines is 1. The molecular weight excluding hydrogens is 224 g/mol. The van der Waals surface area contributed by atoms with E-state index < -0.39 is 0 Å². The molecule has 2 aliphatic rings. The fraction of sp³-hybridized carbons (Fsp3) is 0. The van der Waals surface area contributed by atoms with Crippen molar-refractivity contribution in [3.63, 3.8) is 0 Å². The molecule has 0 atom stereocenters. The number of nitrogens with zero attached hydrogens (tertiary/aromatic N) is 2. The largest absolute Gasteiger partial charge is 0.360 e. The van der Waals surface area contributed by atoms with Crippen LogP contribution in [0.2, 0.25) is 0 Å². The minimum absolute atomic E-state index is 1.10. The standard InChI is InChI=1S/C9H8N2.C5H6N2/c1-2-4-9-8(3-1)7-10-5-6-11-9;1-2-4-6-7-5-3-1/h1-7,11H;1-6H.